The predicted molar refractivity (Wildman–Crippen MR) is 79.5 cm³/mol. The maximum atomic E-state index is 6.31. The van der Waals surface area contributed by atoms with Gasteiger partial charge in [-0.15, -0.1) is 0 Å². The minimum absolute atomic E-state index is 0.667. The van der Waals surface area contributed by atoms with Crippen LogP contribution in [0.25, 0.3) is 0 Å². The van der Waals surface area contributed by atoms with Gasteiger partial charge in [0, 0.05) is 31.2 Å². The van der Waals surface area contributed by atoms with E-state index in [1.165, 1.54) is 31.2 Å². The molecule has 108 valence electrons. The molecule has 1 fully saturated rings. The molecule has 0 aliphatic heterocycles. The fourth-order valence-electron chi connectivity index (χ4n) is 3.04. The zero-order valence-electron chi connectivity index (χ0n) is 12.4. The molecule has 1 N–H and O–H groups in total. The smallest absolute Gasteiger partial charge is 0.131 e. The Kier molecular flexibility index (Phi) is 4.87. The number of halogens is 1. The van der Waals surface area contributed by atoms with Crippen molar-refractivity contribution in [2.24, 2.45) is 7.05 Å². The second-order valence-corrected chi connectivity index (χ2v) is 6.05. The number of aromatic nitrogens is 2. The maximum absolute atomic E-state index is 6.31. The summed E-state index contributed by atoms with van der Waals surface area (Å²) >= 11 is 6.31. The molecule has 1 aliphatic carbocycles. The average molecular weight is 285 g/mol. The van der Waals surface area contributed by atoms with Crippen LogP contribution >= 0.6 is 11.6 Å². The second-order valence-electron chi connectivity index (χ2n) is 5.69. The van der Waals surface area contributed by atoms with Gasteiger partial charge in [-0.3, -0.25) is 9.58 Å². The highest BCUT2D eigenvalue weighted by Crippen LogP contribution is 2.26. The van der Waals surface area contributed by atoms with Crippen molar-refractivity contribution in [3.63, 3.8) is 0 Å². The first-order valence-electron chi connectivity index (χ1n) is 7.08. The van der Waals surface area contributed by atoms with Crippen molar-refractivity contribution in [1.82, 2.24) is 20.0 Å². The van der Waals surface area contributed by atoms with Crippen LogP contribution in [0.15, 0.2) is 0 Å². The van der Waals surface area contributed by atoms with E-state index < -0.39 is 0 Å². The van der Waals surface area contributed by atoms with Crippen LogP contribution in [0.2, 0.25) is 5.15 Å². The van der Waals surface area contributed by atoms with E-state index >= 15 is 0 Å². The third-order valence-corrected chi connectivity index (χ3v) is 4.88. The van der Waals surface area contributed by atoms with E-state index in [1.807, 2.05) is 14.0 Å². The molecule has 1 aromatic rings. The van der Waals surface area contributed by atoms with Crippen LogP contribution in [0.5, 0.6) is 0 Å². The summed E-state index contributed by atoms with van der Waals surface area (Å²) in [6.07, 6.45) is 5.06. The fourth-order valence-corrected chi connectivity index (χ4v) is 3.27. The van der Waals surface area contributed by atoms with E-state index in [2.05, 4.69) is 29.4 Å². The molecule has 4 nitrogen and oxygen atoms in total. The van der Waals surface area contributed by atoms with Gasteiger partial charge in [-0.05, 0) is 46.7 Å². The highest BCUT2D eigenvalue weighted by molar-refractivity contribution is 6.30. The molecule has 0 aromatic carbocycles. The normalized spacial score (nSPS) is 24.1. The summed E-state index contributed by atoms with van der Waals surface area (Å²) in [5.41, 5.74) is 2.21. The van der Waals surface area contributed by atoms with E-state index in [1.54, 1.807) is 4.68 Å². The van der Waals surface area contributed by atoms with Crippen LogP contribution in [0.1, 0.15) is 36.9 Å². The van der Waals surface area contributed by atoms with Gasteiger partial charge in [0.1, 0.15) is 5.15 Å². The third-order valence-electron chi connectivity index (χ3n) is 4.41. The molecular weight excluding hydrogens is 260 g/mol. The molecule has 0 radical (unpaired) electrons. The fraction of sp³-hybridized carbons (Fsp3) is 0.786. The molecule has 0 amide bonds. The standard InChI is InChI=1S/C14H25ClN4/c1-10-13(14(15)19(4)17-10)9-18(3)12-7-5-11(16-2)6-8-12/h11-12,16H,5-9H2,1-4H3. The van der Waals surface area contributed by atoms with Gasteiger partial charge in [0.15, 0.2) is 0 Å². The Hall–Kier alpha value is -0.580. The molecule has 0 spiro atoms. The van der Waals surface area contributed by atoms with E-state index in [-0.39, 0.29) is 0 Å². The Morgan fingerprint density at radius 3 is 2.47 bits per heavy atom. The third kappa shape index (κ3) is 3.30. The van der Waals surface area contributed by atoms with Gasteiger partial charge in [0.25, 0.3) is 0 Å². The van der Waals surface area contributed by atoms with Crippen molar-refractivity contribution in [3.8, 4) is 0 Å². The summed E-state index contributed by atoms with van der Waals surface area (Å²) in [5.74, 6) is 0. The first-order valence-corrected chi connectivity index (χ1v) is 7.46. The van der Waals surface area contributed by atoms with E-state index in [9.17, 15) is 0 Å². The van der Waals surface area contributed by atoms with Crippen LogP contribution in [-0.4, -0.2) is 40.9 Å². The van der Waals surface area contributed by atoms with Gasteiger partial charge in [-0.25, -0.2) is 0 Å². The van der Waals surface area contributed by atoms with Crippen molar-refractivity contribution in [2.75, 3.05) is 14.1 Å². The predicted octanol–water partition coefficient (Wildman–Crippen LogP) is 2.34. The van der Waals surface area contributed by atoms with Gasteiger partial charge in [-0.2, -0.15) is 5.10 Å². The first kappa shape index (κ1) is 14.8. The minimum Gasteiger partial charge on any atom is -0.317 e. The lowest BCUT2D eigenvalue weighted by Crippen LogP contribution is -2.39. The van der Waals surface area contributed by atoms with Crippen molar-refractivity contribution in [2.45, 2.75) is 51.2 Å². The molecule has 0 unspecified atom stereocenters. The number of rotatable bonds is 4. The summed E-state index contributed by atoms with van der Waals surface area (Å²) < 4.78 is 1.76. The molecule has 0 saturated heterocycles. The number of hydrogen-bond donors (Lipinski definition) is 1. The van der Waals surface area contributed by atoms with Crippen LogP contribution in [0.4, 0.5) is 0 Å². The lowest BCUT2D eigenvalue weighted by molar-refractivity contribution is 0.169. The van der Waals surface area contributed by atoms with Crippen LogP contribution in [0.3, 0.4) is 0 Å². The largest absolute Gasteiger partial charge is 0.317 e. The number of aryl methyl sites for hydroxylation is 2. The van der Waals surface area contributed by atoms with Gasteiger partial charge < -0.3 is 5.32 Å². The van der Waals surface area contributed by atoms with Crippen LogP contribution < -0.4 is 5.32 Å². The van der Waals surface area contributed by atoms with Crippen molar-refractivity contribution in [1.29, 1.82) is 0 Å². The summed E-state index contributed by atoms with van der Waals surface area (Å²) in [6, 6.07) is 1.37. The molecule has 19 heavy (non-hydrogen) atoms. The van der Waals surface area contributed by atoms with Crippen molar-refractivity contribution < 1.29 is 0 Å². The van der Waals surface area contributed by atoms with Crippen molar-refractivity contribution in [3.05, 3.63) is 16.4 Å². The zero-order chi connectivity index (χ0) is 14.0. The second kappa shape index (κ2) is 6.25. The topological polar surface area (TPSA) is 33.1 Å². The Labute approximate surface area is 121 Å². The number of hydrogen-bond acceptors (Lipinski definition) is 3. The Balaban J connectivity index is 1.96. The molecular formula is C14H25ClN4. The summed E-state index contributed by atoms with van der Waals surface area (Å²) in [7, 11) is 6.16. The summed E-state index contributed by atoms with van der Waals surface area (Å²) in [4.78, 5) is 2.43. The molecule has 0 bridgehead atoms. The molecule has 1 aliphatic rings. The Morgan fingerprint density at radius 1 is 1.37 bits per heavy atom. The molecule has 1 saturated carbocycles. The highest BCUT2D eigenvalue weighted by Gasteiger charge is 2.24. The summed E-state index contributed by atoms with van der Waals surface area (Å²) in [6.45, 7) is 2.93. The van der Waals surface area contributed by atoms with Gasteiger partial charge in [-0.1, -0.05) is 11.6 Å². The van der Waals surface area contributed by atoms with Crippen molar-refractivity contribution >= 4 is 11.6 Å². The SMILES string of the molecule is CNC1CCC(N(C)Cc2c(C)nn(C)c2Cl)CC1. The molecule has 1 aromatic heterocycles. The number of nitrogens with zero attached hydrogens (tertiary/aromatic N) is 3. The van der Waals surface area contributed by atoms with E-state index in [0.717, 1.165) is 17.4 Å². The van der Waals surface area contributed by atoms with Crippen LogP contribution in [0, 0.1) is 6.92 Å². The zero-order valence-corrected chi connectivity index (χ0v) is 13.2. The first-order chi connectivity index (χ1) is 9.02. The van der Waals surface area contributed by atoms with Gasteiger partial charge >= 0.3 is 0 Å². The Bertz CT molecular complexity index is 421. The quantitative estimate of drug-likeness (QED) is 0.921. The monoisotopic (exact) mass is 284 g/mol. The minimum atomic E-state index is 0.667. The molecule has 1 heterocycles. The van der Waals surface area contributed by atoms with E-state index in [0.29, 0.717) is 12.1 Å². The van der Waals surface area contributed by atoms with Crippen LogP contribution in [-0.2, 0) is 13.6 Å². The van der Waals surface area contributed by atoms with Gasteiger partial charge in [0.05, 0.1) is 5.69 Å². The highest BCUT2D eigenvalue weighted by atomic mass is 35.5. The summed E-state index contributed by atoms with van der Waals surface area (Å²) in [5, 5.41) is 8.54. The molecule has 5 heteroatoms. The maximum Gasteiger partial charge on any atom is 0.131 e. The lowest BCUT2D eigenvalue weighted by Gasteiger charge is -2.34. The Morgan fingerprint density at radius 2 is 2.00 bits per heavy atom. The lowest BCUT2D eigenvalue weighted by atomic mass is 9.90. The molecule has 2 rings (SSSR count). The van der Waals surface area contributed by atoms with E-state index in [4.69, 9.17) is 11.6 Å². The number of nitrogens with one attached hydrogen (secondary N) is 1. The average Bonchev–Trinajstić information content (AvgIpc) is 2.65. The van der Waals surface area contributed by atoms with Gasteiger partial charge in [0.2, 0.25) is 0 Å². The molecule has 0 atom stereocenters.